The maximum Gasteiger partial charge on any atom is 0.265 e. The average molecular weight is 452 g/mol. The lowest BCUT2D eigenvalue weighted by Crippen LogP contribution is -2.22. The van der Waals surface area contributed by atoms with E-state index in [4.69, 9.17) is 11.6 Å². The van der Waals surface area contributed by atoms with Crippen LogP contribution in [0.3, 0.4) is 0 Å². The molecule has 0 saturated carbocycles. The maximum absolute atomic E-state index is 13.2. The van der Waals surface area contributed by atoms with Gasteiger partial charge in [0.15, 0.2) is 0 Å². The van der Waals surface area contributed by atoms with E-state index in [-0.39, 0.29) is 17.5 Å². The van der Waals surface area contributed by atoms with Crippen molar-refractivity contribution in [2.45, 2.75) is 6.04 Å². The first kappa shape index (κ1) is 21.3. The van der Waals surface area contributed by atoms with E-state index in [0.29, 0.717) is 33.6 Å². The number of rotatable bonds is 6. The molecule has 5 nitrogen and oxygen atoms in total. The molecule has 4 aromatic rings. The number of aromatic hydroxyl groups is 1. The molecular formula is C24H22ClN3O2S. The van der Waals surface area contributed by atoms with E-state index in [1.165, 1.54) is 9.44 Å². The van der Waals surface area contributed by atoms with Crippen LogP contribution in [0.15, 0.2) is 75.8 Å². The number of halogens is 1. The number of pyridine rings is 1. The minimum Gasteiger partial charge on any atom is -0.494 e. The van der Waals surface area contributed by atoms with Crippen LogP contribution in [-0.4, -0.2) is 41.4 Å². The van der Waals surface area contributed by atoms with Crippen LogP contribution < -0.4 is 5.56 Å². The minimum atomic E-state index is -0.308. The third-order valence-corrected chi connectivity index (χ3v) is 6.37. The Morgan fingerprint density at radius 2 is 1.90 bits per heavy atom. The second-order valence-corrected chi connectivity index (χ2v) is 8.81. The fourth-order valence-corrected chi connectivity index (χ4v) is 4.67. The van der Waals surface area contributed by atoms with Crippen LogP contribution in [0, 0.1) is 0 Å². The van der Waals surface area contributed by atoms with Crippen molar-refractivity contribution in [3.8, 4) is 11.6 Å². The van der Waals surface area contributed by atoms with Gasteiger partial charge in [-0.2, -0.15) is 0 Å². The Morgan fingerprint density at radius 3 is 2.58 bits per heavy atom. The monoisotopic (exact) mass is 451 g/mol. The molecule has 0 fully saturated rings. The Bertz CT molecular complexity index is 1300. The number of benzene rings is 2. The quantitative estimate of drug-likeness (QED) is 0.413. The van der Waals surface area contributed by atoms with Gasteiger partial charge in [0.2, 0.25) is 5.88 Å². The van der Waals surface area contributed by atoms with Gasteiger partial charge in [-0.1, -0.05) is 41.9 Å². The number of likely N-dealkylation sites (N-methyl/N-ethyl adjacent to an activating group) is 1. The molecule has 0 aliphatic rings. The SMILES string of the molecule is CN(C)C(CN=Cc1c(O)n(-c2cccc(Cl)c2)c(=O)c2ccccc12)c1cccs1. The van der Waals surface area contributed by atoms with E-state index in [0.717, 1.165) is 0 Å². The summed E-state index contributed by atoms with van der Waals surface area (Å²) in [6, 6.07) is 18.3. The Labute approximate surface area is 189 Å². The lowest BCUT2D eigenvalue weighted by molar-refractivity contribution is 0.311. The smallest absolute Gasteiger partial charge is 0.265 e. The molecule has 1 unspecified atom stereocenters. The summed E-state index contributed by atoms with van der Waals surface area (Å²) in [4.78, 5) is 21.1. The number of nitrogens with zero attached hydrogens (tertiary/aromatic N) is 3. The van der Waals surface area contributed by atoms with E-state index in [1.807, 2.05) is 38.4 Å². The molecule has 0 spiro atoms. The number of hydrogen-bond acceptors (Lipinski definition) is 5. The van der Waals surface area contributed by atoms with Crippen molar-refractivity contribution < 1.29 is 5.11 Å². The molecule has 158 valence electrons. The van der Waals surface area contributed by atoms with Gasteiger partial charge in [0, 0.05) is 26.9 Å². The molecular weight excluding hydrogens is 430 g/mol. The summed E-state index contributed by atoms with van der Waals surface area (Å²) in [5.41, 5.74) is 0.691. The fraction of sp³-hybridized carbons (Fsp3) is 0.167. The Balaban J connectivity index is 1.82. The van der Waals surface area contributed by atoms with Gasteiger partial charge in [-0.15, -0.1) is 11.3 Å². The molecule has 0 saturated heterocycles. The van der Waals surface area contributed by atoms with Gasteiger partial charge in [-0.3, -0.25) is 9.79 Å². The zero-order chi connectivity index (χ0) is 22.0. The van der Waals surface area contributed by atoms with Crippen LogP contribution in [0.5, 0.6) is 5.88 Å². The third-order valence-electron chi connectivity index (χ3n) is 5.16. The van der Waals surface area contributed by atoms with Crippen LogP contribution in [0.1, 0.15) is 16.5 Å². The summed E-state index contributed by atoms with van der Waals surface area (Å²) in [5.74, 6) is -0.160. The molecule has 4 rings (SSSR count). The third kappa shape index (κ3) is 4.28. The van der Waals surface area contributed by atoms with Crippen molar-refractivity contribution in [2.24, 2.45) is 4.99 Å². The Hall–Kier alpha value is -2.93. The summed E-state index contributed by atoms with van der Waals surface area (Å²) in [6.45, 7) is 0.525. The highest BCUT2D eigenvalue weighted by Crippen LogP contribution is 2.28. The van der Waals surface area contributed by atoms with E-state index < -0.39 is 0 Å². The first-order valence-electron chi connectivity index (χ1n) is 9.79. The normalized spacial score (nSPS) is 12.8. The molecule has 0 bridgehead atoms. The fourth-order valence-electron chi connectivity index (χ4n) is 3.58. The Kier molecular flexibility index (Phi) is 6.23. The molecule has 0 aliphatic carbocycles. The zero-order valence-electron chi connectivity index (χ0n) is 17.2. The highest BCUT2D eigenvalue weighted by Gasteiger charge is 2.17. The van der Waals surface area contributed by atoms with Gasteiger partial charge in [-0.25, -0.2) is 4.57 Å². The van der Waals surface area contributed by atoms with Gasteiger partial charge in [0.1, 0.15) is 0 Å². The number of hydrogen-bond donors (Lipinski definition) is 1. The van der Waals surface area contributed by atoms with Crippen LogP contribution >= 0.6 is 22.9 Å². The largest absolute Gasteiger partial charge is 0.494 e. The maximum atomic E-state index is 13.2. The highest BCUT2D eigenvalue weighted by molar-refractivity contribution is 7.10. The number of aromatic nitrogens is 1. The second kappa shape index (κ2) is 9.06. The first-order chi connectivity index (χ1) is 15.0. The van der Waals surface area contributed by atoms with Gasteiger partial charge in [0.05, 0.1) is 23.8 Å². The lowest BCUT2D eigenvalue weighted by atomic mass is 10.1. The number of thiophene rings is 1. The van der Waals surface area contributed by atoms with E-state index in [9.17, 15) is 9.90 Å². The molecule has 1 atom stereocenters. The van der Waals surface area contributed by atoms with Crippen molar-refractivity contribution in [2.75, 3.05) is 20.6 Å². The van der Waals surface area contributed by atoms with Crippen LogP contribution in [0.2, 0.25) is 5.02 Å². The molecule has 0 amide bonds. The molecule has 2 aromatic heterocycles. The van der Waals surface area contributed by atoms with Crippen molar-refractivity contribution in [3.63, 3.8) is 0 Å². The lowest BCUT2D eigenvalue weighted by Gasteiger charge is -2.21. The predicted octanol–water partition coefficient (Wildman–Crippen LogP) is 5.13. The van der Waals surface area contributed by atoms with Crippen LogP contribution in [-0.2, 0) is 0 Å². The predicted molar refractivity (Wildman–Crippen MR) is 129 cm³/mol. The molecule has 1 N–H and O–H groups in total. The van der Waals surface area contributed by atoms with Gasteiger partial charge >= 0.3 is 0 Å². The average Bonchev–Trinajstić information content (AvgIpc) is 3.27. The van der Waals surface area contributed by atoms with Crippen molar-refractivity contribution in [3.05, 3.63) is 91.9 Å². The standard InChI is InChI=1S/C24H22ClN3O2S/c1-27(2)21(22-11-6-12-31-22)15-26-14-20-18-9-3-4-10-19(18)23(29)28(24(20)30)17-8-5-7-16(25)13-17/h3-14,21,30H,15H2,1-2H3. The van der Waals surface area contributed by atoms with Gasteiger partial charge in [0.25, 0.3) is 5.56 Å². The van der Waals surface area contributed by atoms with Crippen LogP contribution in [0.25, 0.3) is 16.5 Å². The van der Waals surface area contributed by atoms with E-state index in [1.54, 1.807) is 47.9 Å². The molecule has 7 heteroatoms. The van der Waals surface area contributed by atoms with Gasteiger partial charge in [-0.05, 0) is 49.8 Å². The Morgan fingerprint density at radius 1 is 1.13 bits per heavy atom. The molecule has 2 heterocycles. The van der Waals surface area contributed by atoms with Crippen molar-refractivity contribution in [1.82, 2.24) is 9.47 Å². The topological polar surface area (TPSA) is 57.8 Å². The molecule has 31 heavy (non-hydrogen) atoms. The summed E-state index contributed by atoms with van der Waals surface area (Å²) in [5, 5.41) is 14.8. The molecule has 2 aromatic carbocycles. The second-order valence-electron chi connectivity index (χ2n) is 7.39. The van der Waals surface area contributed by atoms with E-state index in [2.05, 4.69) is 21.3 Å². The summed E-state index contributed by atoms with van der Waals surface area (Å²) < 4.78 is 1.28. The van der Waals surface area contributed by atoms with E-state index >= 15 is 0 Å². The summed E-state index contributed by atoms with van der Waals surface area (Å²) in [6.07, 6.45) is 1.66. The van der Waals surface area contributed by atoms with Gasteiger partial charge < -0.3 is 10.0 Å². The van der Waals surface area contributed by atoms with Crippen molar-refractivity contribution in [1.29, 1.82) is 0 Å². The number of fused-ring (bicyclic) bond motifs is 1. The van der Waals surface area contributed by atoms with Crippen molar-refractivity contribution >= 4 is 39.9 Å². The highest BCUT2D eigenvalue weighted by atomic mass is 35.5. The zero-order valence-corrected chi connectivity index (χ0v) is 18.8. The number of aliphatic imine (C=N–C) groups is 1. The minimum absolute atomic E-state index is 0.128. The van der Waals surface area contributed by atoms with Crippen LogP contribution in [0.4, 0.5) is 0 Å². The molecule has 0 aliphatic heterocycles. The molecule has 0 radical (unpaired) electrons. The summed E-state index contributed by atoms with van der Waals surface area (Å²) in [7, 11) is 4.04. The summed E-state index contributed by atoms with van der Waals surface area (Å²) >= 11 is 7.82. The first-order valence-corrected chi connectivity index (χ1v) is 11.1.